The van der Waals surface area contributed by atoms with Gasteiger partial charge in [0.1, 0.15) is 5.76 Å². The van der Waals surface area contributed by atoms with Crippen LogP contribution < -0.4 is 0 Å². The Bertz CT molecular complexity index is 412. The number of unbranched alkanes of at least 4 members (excludes halogenated alkanes) is 11. The molecule has 0 amide bonds. The predicted octanol–water partition coefficient (Wildman–Crippen LogP) is 8.60. The molecule has 152 valence electrons. The van der Waals surface area contributed by atoms with Gasteiger partial charge in [-0.25, -0.2) is 4.98 Å². The van der Waals surface area contributed by atoms with Crippen molar-refractivity contribution in [2.24, 2.45) is 0 Å². The number of nitrogens with zero attached hydrogens (tertiary/aromatic N) is 1. The Morgan fingerprint density at radius 3 is 1.77 bits per heavy atom. The van der Waals surface area contributed by atoms with Crippen LogP contribution >= 0.6 is 0 Å². The molecule has 1 heterocycles. The zero-order chi connectivity index (χ0) is 18.9. The molecule has 1 unspecified atom stereocenters. The lowest BCUT2D eigenvalue weighted by molar-refractivity contribution is 0.374. The Hall–Kier alpha value is -0.790. The van der Waals surface area contributed by atoms with Gasteiger partial charge in [-0.05, 0) is 19.3 Å². The van der Waals surface area contributed by atoms with Gasteiger partial charge in [-0.1, -0.05) is 104 Å². The molecule has 0 aliphatic carbocycles. The Balaban J connectivity index is 2.42. The van der Waals surface area contributed by atoms with E-state index in [1.54, 1.807) is 0 Å². The summed E-state index contributed by atoms with van der Waals surface area (Å²) in [5.74, 6) is 2.68. The first-order chi connectivity index (χ1) is 12.8. The van der Waals surface area contributed by atoms with Crippen molar-refractivity contribution in [3.05, 3.63) is 17.8 Å². The third-order valence-electron chi connectivity index (χ3n) is 5.51. The maximum atomic E-state index is 6.18. The van der Waals surface area contributed by atoms with Gasteiger partial charge in [-0.3, -0.25) is 0 Å². The summed E-state index contributed by atoms with van der Waals surface area (Å²) < 4.78 is 6.18. The summed E-state index contributed by atoms with van der Waals surface area (Å²) in [5, 5.41) is 0. The summed E-state index contributed by atoms with van der Waals surface area (Å²) >= 11 is 0. The molecule has 0 bridgehead atoms. The van der Waals surface area contributed by atoms with E-state index in [2.05, 4.69) is 25.8 Å². The fourth-order valence-corrected chi connectivity index (χ4v) is 3.73. The minimum atomic E-state index is 0.544. The lowest BCUT2D eigenvalue weighted by Gasteiger charge is -2.13. The van der Waals surface area contributed by atoms with Crippen LogP contribution in [0.5, 0.6) is 0 Å². The van der Waals surface area contributed by atoms with E-state index in [1.807, 2.05) is 6.20 Å². The smallest absolute Gasteiger partial charge is 0.197 e. The number of hydrogen-bond donors (Lipinski definition) is 0. The molecular formula is C24H45NO. The lowest BCUT2D eigenvalue weighted by Crippen LogP contribution is -2.00. The number of oxazole rings is 1. The Morgan fingerprint density at radius 2 is 1.19 bits per heavy atom. The molecule has 0 saturated carbocycles. The first-order valence-electron chi connectivity index (χ1n) is 11.8. The average Bonchev–Trinajstić information content (AvgIpc) is 3.12. The minimum absolute atomic E-state index is 0.544. The second-order valence-electron chi connectivity index (χ2n) is 8.08. The molecule has 0 fully saturated rings. The van der Waals surface area contributed by atoms with Gasteiger partial charge in [0.15, 0.2) is 5.89 Å². The van der Waals surface area contributed by atoms with E-state index < -0.39 is 0 Å². The van der Waals surface area contributed by atoms with Gasteiger partial charge in [-0.2, -0.15) is 0 Å². The van der Waals surface area contributed by atoms with Crippen molar-refractivity contribution in [2.75, 3.05) is 0 Å². The van der Waals surface area contributed by atoms with E-state index >= 15 is 0 Å². The zero-order valence-corrected chi connectivity index (χ0v) is 18.0. The molecule has 2 nitrogen and oxygen atoms in total. The van der Waals surface area contributed by atoms with Crippen molar-refractivity contribution in [2.45, 2.75) is 136 Å². The van der Waals surface area contributed by atoms with Gasteiger partial charge in [0.05, 0.1) is 6.20 Å². The van der Waals surface area contributed by atoms with Crippen molar-refractivity contribution in [1.82, 2.24) is 4.98 Å². The van der Waals surface area contributed by atoms with Crippen LogP contribution in [0.4, 0.5) is 0 Å². The molecule has 1 aromatic rings. The summed E-state index contributed by atoms with van der Waals surface area (Å²) in [7, 11) is 0. The van der Waals surface area contributed by atoms with Crippen LogP contribution in [0.25, 0.3) is 0 Å². The molecule has 0 aromatic carbocycles. The summed E-state index contributed by atoms with van der Waals surface area (Å²) in [5.41, 5.74) is 0. The first-order valence-corrected chi connectivity index (χ1v) is 11.8. The van der Waals surface area contributed by atoms with Crippen LogP contribution in [-0.2, 0) is 6.42 Å². The minimum Gasteiger partial charge on any atom is -0.445 e. The second-order valence-corrected chi connectivity index (χ2v) is 8.08. The number of rotatable bonds is 18. The van der Waals surface area contributed by atoms with Gasteiger partial charge in [0, 0.05) is 12.3 Å². The van der Waals surface area contributed by atoms with Gasteiger partial charge in [0.2, 0.25) is 0 Å². The second kappa shape index (κ2) is 16.4. The fraction of sp³-hybridized carbons (Fsp3) is 0.875. The molecule has 0 spiro atoms. The van der Waals surface area contributed by atoms with Crippen molar-refractivity contribution in [3.63, 3.8) is 0 Å². The maximum Gasteiger partial charge on any atom is 0.197 e. The number of hydrogen-bond acceptors (Lipinski definition) is 2. The molecule has 0 N–H and O–H groups in total. The molecule has 0 saturated heterocycles. The largest absolute Gasteiger partial charge is 0.445 e. The SMILES string of the molecule is CCCCCCCc1cnc(C(CCCCCC)CCCCCCC)o1. The molecule has 0 radical (unpaired) electrons. The van der Waals surface area contributed by atoms with E-state index in [-0.39, 0.29) is 0 Å². The summed E-state index contributed by atoms with van der Waals surface area (Å²) in [6, 6.07) is 0. The maximum absolute atomic E-state index is 6.18. The molecule has 1 rings (SSSR count). The van der Waals surface area contributed by atoms with Crippen molar-refractivity contribution < 1.29 is 4.42 Å². The quantitative estimate of drug-likeness (QED) is 0.244. The Kier molecular flexibility index (Phi) is 14.7. The third-order valence-corrected chi connectivity index (χ3v) is 5.51. The molecule has 1 aromatic heterocycles. The predicted molar refractivity (Wildman–Crippen MR) is 114 cm³/mol. The van der Waals surface area contributed by atoms with E-state index in [4.69, 9.17) is 4.42 Å². The topological polar surface area (TPSA) is 26.0 Å². The summed E-state index contributed by atoms with van der Waals surface area (Å²) in [6.07, 6.45) is 24.3. The monoisotopic (exact) mass is 363 g/mol. The average molecular weight is 364 g/mol. The van der Waals surface area contributed by atoms with Crippen LogP contribution in [0.3, 0.4) is 0 Å². The van der Waals surface area contributed by atoms with E-state index in [0.717, 1.165) is 18.1 Å². The van der Waals surface area contributed by atoms with Crippen molar-refractivity contribution in [1.29, 1.82) is 0 Å². The number of aryl methyl sites for hydroxylation is 1. The van der Waals surface area contributed by atoms with Gasteiger partial charge in [0.25, 0.3) is 0 Å². The van der Waals surface area contributed by atoms with Crippen LogP contribution in [0.1, 0.15) is 141 Å². The van der Waals surface area contributed by atoms with Gasteiger partial charge < -0.3 is 4.42 Å². The Labute approximate surface area is 163 Å². The lowest BCUT2D eigenvalue weighted by atomic mass is 9.94. The van der Waals surface area contributed by atoms with E-state index in [1.165, 1.54) is 103 Å². The normalized spacial score (nSPS) is 12.6. The third kappa shape index (κ3) is 11.0. The van der Waals surface area contributed by atoms with Crippen LogP contribution in [0.2, 0.25) is 0 Å². The van der Waals surface area contributed by atoms with Crippen LogP contribution in [0, 0.1) is 0 Å². The van der Waals surface area contributed by atoms with E-state index in [0.29, 0.717) is 5.92 Å². The highest BCUT2D eigenvalue weighted by atomic mass is 16.4. The highest BCUT2D eigenvalue weighted by molar-refractivity contribution is 4.99. The fourth-order valence-electron chi connectivity index (χ4n) is 3.73. The number of aromatic nitrogens is 1. The first kappa shape index (κ1) is 23.2. The molecule has 1 atom stereocenters. The summed E-state index contributed by atoms with van der Waals surface area (Å²) in [6.45, 7) is 6.84. The zero-order valence-electron chi connectivity index (χ0n) is 18.0. The van der Waals surface area contributed by atoms with E-state index in [9.17, 15) is 0 Å². The molecule has 2 heteroatoms. The standard InChI is InChI=1S/C24H45NO/c1-4-7-10-13-16-19-22(18-15-12-9-6-3)24-25-21-23(26-24)20-17-14-11-8-5-2/h21-22H,4-20H2,1-3H3. The van der Waals surface area contributed by atoms with Crippen LogP contribution in [0.15, 0.2) is 10.6 Å². The molecule has 26 heavy (non-hydrogen) atoms. The highest BCUT2D eigenvalue weighted by Gasteiger charge is 2.17. The Morgan fingerprint density at radius 1 is 0.692 bits per heavy atom. The molecular weight excluding hydrogens is 318 g/mol. The van der Waals surface area contributed by atoms with Crippen LogP contribution in [-0.4, -0.2) is 4.98 Å². The van der Waals surface area contributed by atoms with Crippen molar-refractivity contribution in [3.8, 4) is 0 Å². The van der Waals surface area contributed by atoms with Gasteiger partial charge >= 0.3 is 0 Å². The van der Waals surface area contributed by atoms with Crippen molar-refractivity contribution >= 4 is 0 Å². The van der Waals surface area contributed by atoms with Gasteiger partial charge in [-0.15, -0.1) is 0 Å². The molecule has 0 aliphatic rings. The molecule has 0 aliphatic heterocycles. The summed E-state index contributed by atoms with van der Waals surface area (Å²) in [4.78, 5) is 4.68. The highest BCUT2D eigenvalue weighted by Crippen LogP contribution is 2.29.